The number of carbonyl (C=O) groups is 1. The first-order valence-corrected chi connectivity index (χ1v) is 7.10. The van der Waals surface area contributed by atoms with Gasteiger partial charge in [0.05, 0.1) is 6.10 Å². The predicted octanol–water partition coefficient (Wildman–Crippen LogP) is 2.96. The fourth-order valence-corrected chi connectivity index (χ4v) is 2.55. The second-order valence-electron chi connectivity index (χ2n) is 5.55. The molecule has 1 heterocycles. The average molecular weight is 261 g/mol. The Morgan fingerprint density at radius 1 is 1.42 bits per heavy atom. The van der Waals surface area contributed by atoms with Gasteiger partial charge in [0.15, 0.2) is 5.78 Å². The molecule has 19 heavy (non-hydrogen) atoms. The van der Waals surface area contributed by atoms with Crippen LogP contribution in [0.25, 0.3) is 0 Å². The standard InChI is InChI=1S/C16H23NO2/c1-11(2)19-14-6-7-15(12(3)9-14)16(18)13-5-4-8-17-10-13/h6-7,9,11,13,17H,4-5,8,10H2,1-3H3. The normalized spacial score (nSPS) is 19.5. The van der Waals surface area contributed by atoms with E-state index < -0.39 is 0 Å². The minimum absolute atomic E-state index is 0.129. The first-order valence-electron chi connectivity index (χ1n) is 7.10. The minimum Gasteiger partial charge on any atom is -0.491 e. The predicted molar refractivity (Wildman–Crippen MR) is 76.9 cm³/mol. The molecule has 1 aliphatic heterocycles. The molecule has 3 heteroatoms. The fraction of sp³-hybridized carbons (Fsp3) is 0.562. The molecule has 1 N–H and O–H groups in total. The molecule has 1 aromatic rings. The summed E-state index contributed by atoms with van der Waals surface area (Å²) in [6.07, 6.45) is 2.24. The summed E-state index contributed by atoms with van der Waals surface area (Å²) in [5.74, 6) is 1.23. The van der Waals surface area contributed by atoms with Crippen LogP contribution < -0.4 is 10.1 Å². The molecule has 1 aliphatic rings. The highest BCUT2D eigenvalue weighted by atomic mass is 16.5. The van der Waals surface area contributed by atoms with Gasteiger partial charge in [-0.25, -0.2) is 0 Å². The van der Waals surface area contributed by atoms with Gasteiger partial charge < -0.3 is 10.1 Å². The lowest BCUT2D eigenvalue weighted by molar-refractivity contribution is 0.0899. The Kier molecular flexibility index (Phi) is 4.59. The number of nitrogens with one attached hydrogen (secondary N) is 1. The van der Waals surface area contributed by atoms with Crippen molar-refractivity contribution in [1.29, 1.82) is 0 Å². The van der Waals surface area contributed by atoms with Gasteiger partial charge in [-0.15, -0.1) is 0 Å². The second kappa shape index (κ2) is 6.20. The van der Waals surface area contributed by atoms with Crippen molar-refractivity contribution in [1.82, 2.24) is 5.32 Å². The molecule has 0 aromatic heterocycles. The number of rotatable bonds is 4. The number of aryl methyl sites for hydroxylation is 1. The first-order chi connectivity index (χ1) is 9.08. The van der Waals surface area contributed by atoms with Crippen LogP contribution in [0.3, 0.4) is 0 Å². The van der Waals surface area contributed by atoms with Crippen LogP contribution >= 0.6 is 0 Å². The third-order valence-electron chi connectivity index (χ3n) is 3.50. The lowest BCUT2D eigenvalue weighted by atomic mass is 9.89. The van der Waals surface area contributed by atoms with Gasteiger partial charge in [-0.05, 0) is 63.9 Å². The molecular weight excluding hydrogens is 238 g/mol. The number of carbonyl (C=O) groups excluding carboxylic acids is 1. The quantitative estimate of drug-likeness (QED) is 0.847. The summed E-state index contributed by atoms with van der Waals surface area (Å²) in [5, 5.41) is 3.30. The van der Waals surface area contributed by atoms with E-state index in [2.05, 4.69) is 5.32 Å². The van der Waals surface area contributed by atoms with E-state index in [4.69, 9.17) is 4.74 Å². The van der Waals surface area contributed by atoms with Crippen LogP contribution in [0.2, 0.25) is 0 Å². The van der Waals surface area contributed by atoms with Gasteiger partial charge in [-0.1, -0.05) is 0 Å². The maximum atomic E-state index is 12.5. The molecule has 0 radical (unpaired) electrons. The van der Waals surface area contributed by atoms with Crippen molar-refractivity contribution in [3.05, 3.63) is 29.3 Å². The molecule has 0 spiro atoms. The summed E-state index contributed by atoms with van der Waals surface area (Å²) in [6.45, 7) is 7.83. The molecule has 0 saturated carbocycles. The molecule has 0 amide bonds. The topological polar surface area (TPSA) is 38.3 Å². The molecule has 0 aliphatic carbocycles. The number of ether oxygens (including phenoxy) is 1. The Morgan fingerprint density at radius 3 is 2.79 bits per heavy atom. The van der Waals surface area contributed by atoms with Crippen LogP contribution in [-0.2, 0) is 0 Å². The molecule has 1 atom stereocenters. The molecular formula is C16H23NO2. The number of hydrogen-bond acceptors (Lipinski definition) is 3. The summed E-state index contributed by atoms with van der Waals surface area (Å²) in [5.41, 5.74) is 1.85. The van der Waals surface area contributed by atoms with Crippen molar-refractivity contribution in [3.8, 4) is 5.75 Å². The van der Waals surface area contributed by atoms with Crippen LogP contribution in [-0.4, -0.2) is 25.0 Å². The largest absolute Gasteiger partial charge is 0.491 e. The van der Waals surface area contributed by atoms with Gasteiger partial charge in [-0.3, -0.25) is 4.79 Å². The molecule has 1 aromatic carbocycles. The Bertz CT molecular complexity index is 448. The molecule has 1 saturated heterocycles. The molecule has 1 fully saturated rings. The van der Waals surface area contributed by atoms with Crippen LogP contribution in [0.5, 0.6) is 5.75 Å². The van der Waals surface area contributed by atoms with Gasteiger partial charge >= 0.3 is 0 Å². The Hall–Kier alpha value is -1.35. The molecule has 3 nitrogen and oxygen atoms in total. The maximum absolute atomic E-state index is 12.5. The smallest absolute Gasteiger partial charge is 0.167 e. The number of piperidine rings is 1. The van der Waals surface area contributed by atoms with E-state index in [0.717, 1.165) is 42.8 Å². The van der Waals surface area contributed by atoms with Crippen molar-refractivity contribution < 1.29 is 9.53 Å². The molecule has 2 rings (SSSR count). The van der Waals surface area contributed by atoms with Crippen LogP contribution in [0.4, 0.5) is 0 Å². The van der Waals surface area contributed by atoms with Gasteiger partial charge in [-0.2, -0.15) is 0 Å². The zero-order valence-electron chi connectivity index (χ0n) is 12.0. The zero-order valence-corrected chi connectivity index (χ0v) is 12.0. The van der Waals surface area contributed by atoms with E-state index in [1.807, 2.05) is 39.0 Å². The van der Waals surface area contributed by atoms with E-state index in [1.54, 1.807) is 0 Å². The van der Waals surface area contributed by atoms with E-state index >= 15 is 0 Å². The second-order valence-corrected chi connectivity index (χ2v) is 5.55. The van der Waals surface area contributed by atoms with Gasteiger partial charge in [0.2, 0.25) is 0 Å². The van der Waals surface area contributed by atoms with E-state index in [1.165, 1.54) is 0 Å². The third-order valence-corrected chi connectivity index (χ3v) is 3.50. The number of ketones is 1. The summed E-state index contributed by atoms with van der Waals surface area (Å²) < 4.78 is 5.65. The van der Waals surface area contributed by atoms with Crippen molar-refractivity contribution in [3.63, 3.8) is 0 Å². The third kappa shape index (κ3) is 3.57. The molecule has 0 bridgehead atoms. The van der Waals surface area contributed by atoms with Gasteiger partial charge in [0.25, 0.3) is 0 Å². The number of benzene rings is 1. The van der Waals surface area contributed by atoms with Crippen LogP contribution in [0, 0.1) is 12.8 Å². The first kappa shape index (κ1) is 14.1. The molecule has 1 unspecified atom stereocenters. The Labute approximate surface area is 115 Å². The minimum atomic E-state index is 0.129. The van der Waals surface area contributed by atoms with Gasteiger partial charge in [0.1, 0.15) is 5.75 Å². The zero-order chi connectivity index (χ0) is 13.8. The summed E-state index contributed by atoms with van der Waals surface area (Å²) in [7, 11) is 0. The average Bonchev–Trinajstić information content (AvgIpc) is 2.38. The lowest BCUT2D eigenvalue weighted by Gasteiger charge is -2.22. The highest BCUT2D eigenvalue weighted by Crippen LogP contribution is 2.23. The maximum Gasteiger partial charge on any atom is 0.167 e. The van der Waals surface area contributed by atoms with Crippen molar-refractivity contribution in [2.24, 2.45) is 5.92 Å². The summed E-state index contributed by atoms with van der Waals surface area (Å²) in [4.78, 5) is 12.5. The van der Waals surface area contributed by atoms with Crippen molar-refractivity contribution in [2.75, 3.05) is 13.1 Å². The highest BCUT2D eigenvalue weighted by Gasteiger charge is 2.23. The summed E-state index contributed by atoms with van der Waals surface area (Å²) in [6, 6.07) is 5.77. The fourth-order valence-electron chi connectivity index (χ4n) is 2.55. The number of Topliss-reactive ketones (excluding diaryl/α,β-unsaturated/α-hetero) is 1. The summed E-state index contributed by atoms with van der Waals surface area (Å²) >= 11 is 0. The highest BCUT2D eigenvalue weighted by molar-refractivity contribution is 5.99. The van der Waals surface area contributed by atoms with E-state index in [0.29, 0.717) is 0 Å². The van der Waals surface area contributed by atoms with Gasteiger partial charge in [0, 0.05) is 18.0 Å². The molecule has 104 valence electrons. The van der Waals surface area contributed by atoms with E-state index in [9.17, 15) is 4.79 Å². The monoisotopic (exact) mass is 261 g/mol. The lowest BCUT2D eigenvalue weighted by Crippen LogP contribution is -2.34. The van der Waals surface area contributed by atoms with E-state index in [-0.39, 0.29) is 17.8 Å². The van der Waals surface area contributed by atoms with Crippen molar-refractivity contribution in [2.45, 2.75) is 39.7 Å². The van der Waals surface area contributed by atoms with Crippen LogP contribution in [0.15, 0.2) is 18.2 Å². The Morgan fingerprint density at radius 2 is 2.21 bits per heavy atom. The van der Waals surface area contributed by atoms with Crippen LogP contribution in [0.1, 0.15) is 42.6 Å². The van der Waals surface area contributed by atoms with Crippen molar-refractivity contribution >= 4 is 5.78 Å². The Balaban J connectivity index is 2.13. The number of hydrogen-bond donors (Lipinski definition) is 1. The SMILES string of the molecule is Cc1cc(OC(C)C)ccc1C(=O)C1CCCNC1.